The van der Waals surface area contributed by atoms with Gasteiger partial charge in [0.2, 0.25) is 6.79 Å². The smallest absolute Gasteiger partial charge is 0.352 e. The highest BCUT2D eigenvalue weighted by Gasteiger charge is 2.16. The summed E-state index contributed by atoms with van der Waals surface area (Å²) in [5, 5.41) is 11.9. The summed E-state index contributed by atoms with van der Waals surface area (Å²) in [5.41, 5.74) is 0.651. The van der Waals surface area contributed by atoms with Crippen LogP contribution in [-0.4, -0.2) is 30.4 Å². The van der Waals surface area contributed by atoms with Gasteiger partial charge in [0.15, 0.2) is 11.5 Å². The maximum atomic E-state index is 12.4. The highest BCUT2D eigenvalue weighted by molar-refractivity contribution is 6.02. The minimum atomic E-state index is -1.25. The molecular formula is C21H21NO6. The van der Waals surface area contributed by atoms with E-state index in [1.54, 1.807) is 42.5 Å². The predicted molar refractivity (Wildman–Crippen MR) is 102 cm³/mol. The van der Waals surface area contributed by atoms with Crippen LogP contribution in [0.2, 0.25) is 0 Å². The first-order valence-corrected chi connectivity index (χ1v) is 8.81. The van der Waals surface area contributed by atoms with Gasteiger partial charge in [-0.3, -0.25) is 4.79 Å². The van der Waals surface area contributed by atoms with Crippen molar-refractivity contribution in [3.05, 3.63) is 59.3 Å². The maximum absolute atomic E-state index is 12.4. The molecule has 2 aromatic rings. The molecule has 0 saturated carbocycles. The number of hydrogen-bond acceptors (Lipinski definition) is 5. The average Bonchev–Trinajstić information content (AvgIpc) is 3.14. The van der Waals surface area contributed by atoms with Crippen molar-refractivity contribution < 1.29 is 28.9 Å². The highest BCUT2D eigenvalue weighted by Crippen LogP contribution is 2.33. The van der Waals surface area contributed by atoms with Gasteiger partial charge in [-0.1, -0.05) is 19.9 Å². The monoisotopic (exact) mass is 383 g/mol. The average molecular weight is 383 g/mol. The molecule has 3 rings (SSSR count). The van der Waals surface area contributed by atoms with E-state index in [9.17, 15) is 14.7 Å². The zero-order valence-corrected chi connectivity index (χ0v) is 15.6. The molecule has 1 aliphatic rings. The van der Waals surface area contributed by atoms with Gasteiger partial charge in [-0.05, 0) is 54.0 Å². The van der Waals surface area contributed by atoms with Gasteiger partial charge in [0.25, 0.3) is 5.91 Å². The Hall–Kier alpha value is -3.48. The third kappa shape index (κ3) is 4.82. The van der Waals surface area contributed by atoms with Gasteiger partial charge < -0.3 is 24.6 Å². The lowest BCUT2D eigenvalue weighted by molar-refractivity contribution is -0.132. The molecule has 0 fully saturated rings. The quantitative estimate of drug-likeness (QED) is 0.713. The lowest BCUT2D eigenvalue weighted by atomic mass is 10.1. The van der Waals surface area contributed by atoms with Gasteiger partial charge in [-0.25, -0.2) is 4.79 Å². The number of benzene rings is 2. The van der Waals surface area contributed by atoms with Crippen LogP contribution >= 0.6 is 0 Å². The largest absolute Gasteiger partial charge is 0.493 e. The molecule has 28 heavy (non-hydrogen) atoms. The van der Waals surface area contributed by atoms with Crippen molar-refractivity contribution >= 4 is 18.0 Å². The van der Waals surface area contributed by atoms with Crippen molar-refractivity contribution in [2.24, 2.45) is 5.92 Å². The molecular weight excluding hydrogens is 362 g/mol. The van der Waals surface area contributed by atoms with Crippen molar-refractivity contribution in [2.75, 3.05) is 13.4 Å². The number of rotatable bonds is 7. The number of hydrogen-bond donors (Lipinski definition) is 2. The maximum Gasteiger partial charge on any atom is 0.352 e. The molecule has 0 radical (unpaired) electrons. The molecule has 1 amide bonds. The number of ether oxygens (including phenoxy) is 3. The summed E-state index contributed by atoms with van der Waals surface area (Å²) in [6.07, 6.45) is 1.36. The van der Waals surface area contributed by atoms with E-state index >= 15 is 0 Å². The first-order valence-electron chi connectivity index (χ1n) is 8.81. The Labute approximate surface area is 162 Å². The fraction of sp³-hybridized carbons (Fsp3) is 0.238. The molecule has 7 heteroatoms. The van der Waals surface area contributed by atoms with Crippen molar-refractivity contribution in [3.8, 4) is 17.2 Å². The van der Waals surface area contributed by atoms with Gasteiger partial charge in [-0.15, -0.1) is 0 Å². The van der Waals surface area contributed by atoms with Crippen LogP contribution in [0, 0.1) is 5.92 Å². The Morgan fingerprint density at radius 2 is 1.86 bits per heavy atom. The number of carboxylic acid groups (broad SMARTS) is 1. The van der Waals surface area contributed by atoms with Gasteiger partial charge >= 0.3 is 5.97 Å². The van der Waals surface area contributed by atoms with Crippen LogP contribution in [0.1, 0.15) is 29.8 Å². The second kappa shape index (κ2) is 8.47. The molecule has 0 aromatic heterocycles. The second-order valence-corrected chi connectivity index (χ2v) is 6.66. The standard InChI is InChI=1S/C21H21NO6/c1-13(2)11-26-16-6-4-15(5-7-16)20(23)22-17(21(24)25)9-14-3-8-18-19(10-14)28-12-27-18/h3-10,13H,11-12H2,1-2H3,(H,22,23)(H,24,25). The zero-order valence-electron chi connectivity index (χ0n) is 15.6. The Kier molecular flexibility index (Phi) is 5.84. The van der Waals surface area contributed by atoms with E-state index in [1.165, 1.54) is 6.08 Å². The van der Waals surface area contributed by atoms with E-state index < -0.39 is 11.9 Å². The number of carbonyl (C=O) groups is 2. The van der Waals surface area contributed by atoms with Crippen LogP contribution in [0.5, 0.6) is 17.2 Å². The Morgan fingerprint density at radius 1 is 1.14 bits per heavy atom. The summed E-state index contributed by atoms with van der Waals surface area (Å²) in [5.74, 6) is 0.398. The number of carboxylic acids is 1. The summed E-state index contributed by atoms with van der Waals surface area (Å²) in [6, 6.07) is 11.6. The first-order chi connectivity index (χ1) is 13.4. The molecule has 146 valence electrons. The predicted octanol–water partition coefficient (Wildman–Crippen LogP) is 3.31. The molecule has 2 N–H and O–H groups in total. The Balaban J connectivity index is 1.71. The second-order valence-electron chi connectivity index (χ2n) is 6.66. The highest BCUT2D eigenvalue weighted by atomic mass is 16.7. The summed E-state index contributed by atoms with van der Waals surface area (Å²) >= 11 is 0. The number of nitrogens with one attached hydrogen (secondary N) is 1. The lowest BCUT2D eigenvalue weighted by Gasteiger charge is -2.10. The van der Waals surface area contributed by atoms with Crippen molar-refractivity contribution in [1.82, 2.24) is 5.32 Å². The van der Waals surface area contributed by atoms with Crippen molar-refractivity contribution in [1.29, 1.82) is 0 Å². The summed E-state index contributed by atoms with van der Waals surface area (Å²) in [4.78, 5) is 24.0. The minimum Gasteiger partial charge on any atom is -0.493 e. The molecule has 7 nitrogen and oxygen atoms in total. The third-order valence-electron chi connectivity index (χ3n) is 3.89. The Morgan fingerprint density at radius 3 is 2.54 bits per heavy atom. The SMILES string of the molecule is CC(C)COc1ccc(C(=O)NC(=Cc2ccc3c(c2)OCO3)C(=O)O)cc1. The van der Waals surface area contributed by atoms with Crippen LogP contribution in [-0.2, 0) is 4.79 Å². The van der Waals surface area contributed by atoms with E-state index in [2.05, 4.69) is 5.32 Å². The molecule has 0 bridgehead atoms. The summed E-state index contributed by atoms with van der Waals surface area (Å²) in [7, 11) is 0. The van der Waals surface area contributed by atoms with Crippen LogP contribution in [0.4, 0.5) is 0 Å². The van der Waals surface area contributed by atoms with E-state index in [-0.39, 0.29) is 12.5 Å². The Bertz CT molecular complexity index is 902. The van der Waals surface area contributed by atoms with Gasteiger partial charge in [0.05, 0.1) is 6.61 Å². The first kappa shape index (κ1) is 19.3. The molecule has 0 unspecified atom stereocenters. The number of fused-ring (bicyclic) bond motifs is 1. The number of amides is 1. The molecule has 0 aliphatic carbocycles. The molecule has 2 aromatic carbocycles. The van der Waals surface area contributed by atoms with Crippen LogP contribution in [0.3, 0.4) is 0 Å². The van der Waals surface area contributed by atoms with E-state index in [1.807, 2.05) is 13.8 Å². The molecule has 1 aliphatic heterocycles. The lowest BCUT2D eigenvalue weighted by Crippen LogP contribution is -2.27. The fourth-order valence-corrected chi connectivity index (χ4v) is 2.48. The fourth-order valence-electron chi connectivity index (χ4n) is 2.48. The minimum absolute atomic E-state index is 0.127. The van der Waals surface area contributed by atoms with Crippen molar-refractivity contribution in [2.45, 2.75) is 13.8 Å². The molecule has 0 saturated heterocycles. The summed E-state index contributed by atoms with van der Waals surface area (Å²) < 4.78 is 16.1. The topological polar surface area (TPSA) is 94.1 Å². The van der Waals surface area contributed by atoms with Crippen LogP contribution in [0.25, 0.3) is 6.08 Å². The van der Waals surface area contributed by atoms with Crippen LogP contribution < -0.4 is 19.5 Å². The van der Waals surface area contributed by atoms with Gasteiger partial charge in [-0.2, -0.15) is 0 Å². The molecule has 1 heterocycles. The van der Waals surface area contributed by atoms with Gasteiger partial charge in [0.1, 0.15) is 11.4 Å². The zero-order chi connectivity index (χ0) is 20.1. The number of aliphatic carboxylic acids is 1. The van der Waals surface area contributed by atoms with Crippen molar-refractivity contribution in [3.63, 3.8) is 0 Å². The normalized spacial score (nSPS) is 12.8. The van der Waals surface area contributed by atoms with Crippen LogP contribution in [0.15, 0.2) is 48.2 Å². The van der Waals surface area contributed by atoms with E-state index in [0.29, 0.717) is 40.9 Å². The van der Waals surface area contributed by atoms with E-state index in [0.717, 1.165) is 0 Å². The third-order valence-corrected chi connectivity index (χ3v) is 3.89. The summed E-state index contributed by atoms with van der Waals surface area (Å²) in [6.45, 7) is 4.79. The van der Waals surface area contributed by atoms with E-state index in [4.69, 9.17) is 14.2 Å². The van der Waals surface area contributed by atoms with Gasteiger partial charge in [0, 0.05) is 5.56 Å². The molecule has 0 atom stereocenters. The number of carbonyl (C=O) groups excluding carboxylic acids is 1. The molecule has 0 spiro atoms.